The molecule has 1 amide bonds. The summed E-state index contributed by atoms with van der Waals surface area (Å²) in [6.45, 7) is 3.44. The summed E-state index contributed by atoms with van der Waals surface area (Å²) in [6.07, 6.45) is 2.28. The van der Waals surface area contributed by atoms with Gasteiger partial charge in [-0.3, -0.25) is 4.79 Å². The molecule has 3 aromatic rings. The highest BCUT2D eigenvalue weighted by molar-refractivity contribution is 6.31. The number of halogens is 2. The standard InChI is InChI=1S/C22H22ClFN4O3/c1-13(29)28-7-6-14(10-28)11-31-20-8-15-18(9-19(20)30-2)25-12-26-22(15)27-17-5-3-4-16(23)21(17)24/h3-5,8-9,12,14H,6-7,10-11H2,1-2H3,(H,25,26,27). The highest BCUT2D eigenvalue weighted by Crippen LogP contribution is 2.36. The first-order valence-corrected chi connectivity index (χ1v) is 10.3. The lowest BCUT2D eigenvalue weighted by molar-refractivity contribution is -0.127. The Labute approximate surface area is 184 Å². The first-order chi connectivity index (χ1) is 15.0. The number of likely N-dealkylation sites (tertiary alicyclic amines) is 1. The fourth-order valence-corrected chi connectivity index (χ4v) is 3.80. The van der Waals surface area contributed by atoms with Crippen molar-refractivity contribution in [2.24, 2.45) is 5.92 Å². The summed E-state index contributed by atoms with van der Waals surface area (Å²) in [6, 6.07) is 8.24. The van der Waals surface area contributed by atoms with E-state index in [1.54, 1.807) is 38.3 Å². The molecule has 1 N–H and O–H groups in total. The lowest BCUT2D eigenvalue weighted by atomic mass is 10.1. The van der Waals surface area contributed by atoms with Gasteiger partial charge in [0.25, 0.3) is 0 Å². The Morgan fingerprint density at radius 1 is 1.32 bits per heavy atom. The van der Waals surface area contributed by atoms with Crippen molar-refractivity contribution >= 4 is 39.9 Å². The number of nitrogens with zero attached hydrogens (tertiary/aromatic N) is 3. The number of aromatic nitrogens is 2. The van der Waals surface area contributed by atoms with Crippen LogP contribution in [0.4, 0.5) is 15.9 Å². The van der Waals surface area contributed by atoms with Crippen LogP contribution in [0.3, 0.4) is 0 Å². The third-order valence-corrected chi connectivity index (χ3v) is 5.62. The summed E-state index contributed by atoms with van der Waals surface area (Å²) in [5.74, 6) is 1.24. The van der Waals surface area contributed by atoms with Gasteiger partial charge in [0.1, 0.15) is 12.1 Å². The van der Waals surface area contributed by atoms with Crippen molar-refractivity contribution in [1.29, 1.82) is 0 Å². The maximum absolute atomic E-state index is 14.4. The number of ether oxygens (including phenoxy) is 2. The molecule has 0 bridgehead atoms. The Kier molecular flexibility index (Phi) is 6.08. The Bertz CT molecular complexity index is 1130. The molecule has 4 rings (SSSR count). The molecule has 1 atom stereocenters. The Morgan fingerprint density at radius 3 is 2.90 bits per heavy atom. The number of amides is 1. The molecular weight excluding hydrogens is 423 g/mol. The predicted molar refractivity (Wildman–Crippen MR) is 117 cm³/mol. The van der Waals surface area contributed by atoms with E-state index < -0.39 is 5.82 Å². The molecule has 1 aliphatic heterocycles. The van der Waals surface area contributed by atoms with E-state index in [1.165, 1.54) is 12.4 Å². The SMILES string of the molecule is COc1cc2ncnc(Nc3cccc(Cl)c3F)c2cc1OCC1CCN(C(C)=O)C1. The lowest BCUT2D eigenvalue weighted by Gasteiger charge is -2.17. The van der Waals surface area contributed by atoms with Gasteiger partial charge in [-0.25, -0.2) is 14.4 Å². The lowest BCUT2D eigenvalue weighted by Crippen LogP contribution is -2.26. The number of hydrogen-bond acceptors (Lipinski definition) is 6. The zero-order valence-corrected chi connectivity index (χ0v) is 17.9. The molecule has 7 nitrogen and oxygen atoms in total. The van der Waals surface area contributed by atoms with E-state index in [2.05, 4.69) is 15.3 Å². The molecule has 9 heteroatoms. The molecule has 1 fully saturated rings. The van der Waals surface area contributed by atoms with Crippen molar-refractivity contribution in [3.63, 3.8) is 0 Å². The summed E-state index contributed by atoms with van der Waals surface area (Å²) < 4.78 is 25.9. The number of fused-ring (bicyclic) bond motifs is 1. The molecule has 31 heavy (non-hydrogen) atoms. The summed E-state index contributed by atoms with van der Waals surface area (Å²) in [5, 5.41) is 3.65. The molecule has 0 radical (unpaired) electrons. The smallest absolute Gasteiger partial charge is 0.219 e. The third kappa shape index (κ3) is 4.49. The van der Waals surface area contributed by atoms with Crippen molar-refractivity contribution in [3.8, 4) is 11.5 Å². The first-order valence-electron chi connectivity index (χ1n) is 9.88. The van der Waals surface area contributed by atoms with Crippen LogP contribution >= 0.6 is 11.6 Å². The number of hydrogen-bond donors (Lipinski definition) is 1. The monoisotopic (exact) mass is 444 g/mol. The van der Waals surface area contributed by atoms with Crippen molar-refractivity contribution in [3.05, 3.63) is 47.5 Å². The van der Waals surface area contributed by atoms with Gasteiger partial charge in [-0.2, -0.15) is 0 Å². The summed E-state index contributed by atoms with van der Waals surface area (Å²) in [5.41, 5.74) is 0.828. The van der Waals surface area contributed by atoms with E-state index in [0.29, 0.717) is 41.4 Å². The molecule has 0 spiro atoms. The highest BCUT2D eigenvalue weighted by Gasteiger charge is 2.25. The van der Waals surface area contributed by atoms with Crippen molar-refractivity contribution in [1.82, 2.24) is 14.9 Å². The van der Waals surface area contributed by atoms with Gasteiger partial charge in [0, 0.05) is 37.4 Å². The normalized spacial score (nSPS) is 15.9. The second-order valence-corrected chi connectivity index (χ2v) is 7.81. The van der Waals surface area contributed by atoms with Gasteiger partial charge in [0.2, 0.25) is 5.91 Å². The van der Waals surface area contributed by atoms with E-state index in [1.807, 2.05) is 4.90 Å². The molecule has 1 aromatic heterocycles. The van der Waals surface area contributed by atoms with Crippen molar-refractivity contribution < 1.29 is 18.7 Å². The minimum absolute atomic E-state index is 0.0187. The first kappa shape index (κ1) is 21.1. The minimum Gasteiger partial charge on any atom is -0.493 e. The maximum atomic E-state index is 14.4. The topological polar surface area (TPSA) is 76.6 Å². The van der Waals surface area contributed by atoms with Gasteiger partial charge in [-0.05, 0) is 24.6 Å². The average Bonchev–Trinajstić information content (AvgIpc) is 3.24. The molecule has 1 saturated heterocycles. The maximum Gasteiger partial charge on any atom is 0.219 e. The average molecular weight is 445 g/mol. The van der Waals surface area contributed by atoms with Gasteiger partial charge >= 0.3 is 0 Å². The van der Waals surface area contributed by atoms with Crippen LogP contribution in [0.5, 0.6) is 11.5 Å². The Morgan fingerprint density at radius 2 is 2.16 bits per heavy atom. The van der Waals surface area contributed by atoms with Crippen molar-refractivity contribution in [2.75, 3.05) is 32.1 Å². The number of anilines is 2. The number of benzene rings is 2. The third-order valence-electron chi connectivity index (χ3n) is 5.33. The van der Waals surface area contributed by atoms with Crippen LogP contribution in [0, 0.1) is 11.7 Å². The molecule has 162 valence electrons. The second-order valence-electron chi connectivity index (χ2n) is 7.40. The van der Waals surface area contributed by atoms with Crippen LogP contribution in [-0.4, -0.2) is 47.6 Å². The molecular formula is C22H22ClFN4O3. The molecule has 1 unspecified atom stereocenters. The Hall–Kier alpha value is -3.13. The summed E-state index contributed by atoms with van der Waals surface area (Å²) in [7, 11) is 1.56. The number of carbonyl (C=O) groups is 1. The van der Waals surface area contributed by atoms with Crippen LogP contribution in [-0.2, 0) is 4.79 Å². The van der Waals surface area contributed by atoms with Crippen LogP contribution in [0.25, 0.3) is 10.9 Å². The minimum atomic E-state index is -0.558. The van der Waals surface area contributed by atoms with E-state index in [4.69, 9.17) is 21.1 Å². The van der Waals surface area contributed by atoms with Gasteiger partial charge in [-0.1, -0.05) is 17.7 Å². The zero-order chi connectivity index (χ0) is 22.0. The van der Waals surface area contributed by atoms with Gasteiger partial charge < -0.3 is 19.7 Å². The van der Waals surface area contributed by atoms with Gasteiger partial charge in [0.15, 0.2) is 17.3 Å². The molecule has 1 aliphatic rings. The Balaban J connectivity index is 1.61. The van der Waals surface area contributed by atoms with E-state index in [0.717, 1.165) is 13.0 Å². The summed E-state index contributed by atoms with van der Waals surface area (Å²) >= 11 is 5.89. The molecule has 0 aliphatic carbocycles. The van der Waals surface area contributed by atoms with Crippen LogP contribution in [0.1, 0.15) is 13.3 Å². The second kappa shape index (κ2) is 8.93. The predicted octanol–water partition coefficient (Wildman–Crippen LogP) is 4.42. The van der Waals surface area contributed by atoms with E-state index >= 15 is 0 Å². The van der Waals surface area contributed by atoms with Crippen molar-refractivity contribution in [2.45, 2.75) is 13.3 Å². The number of carbonyl (C=O) groups excluding carboxylic acids is 1. The quantitative estimate of drug-likeness (QED) is 0.606. The van der Waals surface area contributed by atoms with Crippen LogP contribution in [0.2, 0.25) is 5.02 Å². The van der Waals surface area contributed by atoms with E-state index in [-0.39, 0.29) is 22.5 Å². The zero-order valence-electron chi connectivity index (χ0n) is 17.2. The highest BCUT2D eigenvalue weighted by atomic mass is 35.5. The molecule has 2 aromatic carbocycles. The number of rotatable bonds is 6. The van der Waals surface area contributed by atoms with E-state index in [9.17, 15) is 9.18 Å². The van der Waals surface area contributed by atoms with Gasteiger partial charge in [0.05, 0.1) is 29.9 Å². The van der Waals surface area contributed by atoms with Crippen LogP contribution < -0.4 is 14.8 Å². The largest absolute Gasteiger partial charge is 0.493 e. The number of methoxy groups -OCH3 is 1. The molecule has 2 heterocycles. The van der Waals surface area contributed by atoms with Gasteiger partial charge in [-0.15, -0.1) is 0 Å². The fraction of sp³-hybridized carbons (Fsp3) is 0.318. The molecule has 0 saturated carbocycles. The summed E-state index contributed by atoms with van der Waals surface area (Å²) in [4.78, 5) is 21.9. The fourth-order valence-electron chi connectivity index (χ4n) is 3.63. The number of nitrogens with one attached hydrogen (secondary N) is 1. The van der Waals surface area contributed by atoms with Crippen LogP contribution in [0.15, 0.2) is 36.7 Å².